The van der Waals surface area contributed by atoms with Gasteiger partial charge >= 0.3 is 5.97 Å². The van der Waals surface area contributed by atoms with Gasteiger partial charge in [0.15, 0.2) is 6.61 Å². The van der Waals surface area contributed by atoms with Gasteiger partial charge in [-0.05, 0) is 31.9 Å². The van der Waals surface area contributed by atoms with Gasteiger partial charge in [0.25, 0.3) is 0 Å². The van der Waals surface area contributed by atoms with Gasteiger partial charge in [-0.3, -0.25) is 4.79 Å². The Balaban J connectivity index is 1.69. The monoisotopic (exact) mass is 347 g/mol. The molecule has 1 aromatic heterocycles. The number of halogens is 1. The van der Waals surface area contributed by atoms with Gasteiger partial charge in [-0.25, -0.2) is 13.9 Å². The summed E-state index contributed by atoms with van der Waals surface area (Å²) in [7, 11) is 1.40. The molecular weight excluding hydrogens is 329 g/mol. The fraction of sp³-hybridized carbons (Fsp3) is 0.353. The maximum Gasteiger partial charge on any atom is 0.344 e. The van der Waals surface area contributed by atoms with Crippen molar-refractivity contribution in [2.75, 3.05) is 19.5 Å². The van der Waals surface area contributed by atoms with E-state index in [0.29, 0.717) is 11.4 Å². The number of esters is 1. The van der Waals surface area contributed by atoms with Gasteiger partial charge in [-0.2, -0.15) is 5.10 Å². The first-order valence-electron chi connectivity index (χ1n) is 7.80. The van der Waals surface area contributed by atoms with Crippen LogP contribution in [-0.4, -0.2) is 35.2 Å². The van der Waals surface area contributed by atoms with E-state index in [2.05, 4.69) is 5.10 Å². The summed E-state index contributed by atoms with van der Waals surface area (Å²) < 4.78 is 25.4. The summed E-state index contributed by atoms with van der Waals surface area (Å²) in [5.74, 6) is -1.61. The quantitative estimate of drug-likeness (QED) is 0.636. The minimum atomic E-state index is -0.746. The molecule has 1 aliphatic rings. The lowest BCUT2D eigenvalue weighted by atomic mass is 10.1. The van der Waals surface area contributed by atoms with Crippen LogP contribution in [-0.2, 0) is 4.74 Å². The van der Waals surface area contributed by atoms with Gasteiger partial charge < -0.3 is 15.2 Å². The van der Waals surface area contributed by atoms with Crippen LogP contribution in [0.1, 0.15) is 45.3 Å². The topological polar surface area (TPSA) is 96.4 Å². The van der Waals surface area contributed by atoms with E-state index >= 15 is 0 Å². The number of aromatic nitrogens is 2. The highest BCUT2D eigenvalue weighted by Gasteiger charge is 2.31. The van der Waals surface area contributed by atoms with Crippen LogP contribution in [0.5, 0.6) is 5.75 Å². The molecule has 0 radical (unpaired) electrons. The Labute approximate surface area is 143 Å². The predicted molar refractivity (Wildman–Crippen MR) is 87.2 cm³/mol. The average molecular weight is 347 g/mol. The first kappa shape index (κ1) is 16.9. The fourth-order valence-corrected chi connectivity index (χ4v) is 2.55. The molecule has 1 aromatic carbocycles. The molecule has 0 bridgehead atoms. The number of carbonyl (C=O) groups excluding carboxylic acids is 2. The summed E-state index contributed by atoms with van der Waals surface area (Å²) in [6.45, 7) is 1.06. The molecule has 1 saturated carbocycles. The van der Waals surface area contributed by atoms with Crippen molar-refractivity contribution in [2.24, 2.45) is 0 Å². The number of nitrogen functional groups attached to an aromatic ring is 1. The number of aryl methyl sites for hydroxylation is 1. The van der Waals surface area contributed by atoms with Gasteiger partial charge in [-0.1, -0.05) is 0 Å². The number of anilines is 1. The molecule has 1 fully saturated rings. The minimum Gasteiger partial charge on any atom is -0.497 e. The molecule has 0 amide bonds. The lowest BCUT2D eigenvalue weighted by Crippen LogP contribution is -2.17. The Morgan fingerprint density at radius 2 is 2.12 bits per heavy atom. The number of Topliss-reactive ketones (excluding diaryl/α,β-unsaturated/α-hetero) is 1. The standard InChI is InChI=1S/C17H18FN3O4/c1-9-15(16(19)21(20-9)10-3-4-10)17(23)25-8-14(22)12-6-5-11(24-2)7-13(12)18/h5-7,10H,3-4,8,19H2,1-2H3. The van der Waals surface area contributed by atoms with Crippen LogP contribution in [0.25, 0.3) is 0 Å². The number of hydrogen-bond donors (Lipinski definition) is 1. The maximum atomic E-state index is 13.9. The summed E-state index contributed by atoms with van der Waals surface area (Å²) >= 11 is 0. The average Bonchev–Trinajstić information content (AvgIpc) is 3.38. The Kier molecular flexibility index (Phi) is 4.43. The molecular formula is C17H18FN3O4. The Hall–Kier alpha value is -2.90. The van der Waals surface area contributed by atoms with Crippen LogP contribution in [0.4, 0.5) is 10.2 Å². The van der Waals surface area contributed by atoms with E-state index in [1.165, 1.54) is 19.2 Å². The van der Waals surface area contributed by atoms with Crippen molar-refractivity contribution < 1.29 is 23.5 Å². The van der Waals surface area contributed by atoms with E-state index in [-0.39, 0.29) is 23.0 Å². The summed E-state index contributed by atoms with van der Waals surface area (Å²) in [4.78, 5) is 24.3. The maximum absolute atomic E-state index is 13.9. The molecule has 1 heterocycles. The molecule has 3 rings (SSSR count). The molecule has 0 atom stereocenters. The first-order chi connectivity index (χ1) is 11.9. The van der Waals surface area contributed by atoms with Crippen molar-refractivity contribution in [1.82, 2.24) is 9.78 Å². The number of ketones is 1. The van der Waals surface area contributed by atoms with Crippen molar-refractivity contribution in [3.05, 3.63) is 40.8 Å². The lowest BCUT2D eigenvalue weighted by molar-refractivity contribution is 0.0473. The number of carbonyl (C=O) groups is 2. The van der Waals surface area contributed by atoms with E-state index in [9.17, 15) is 14.0 Å². The van der Waals surface area contributed by atoms with Crippen LogP contribution < -0.4 is 10.5 Å². The summed E-state index contributed by atoms with van der Waals surface area (Å²) in [5, 5.41) is 4.24. The molecule has 2 aromatic rings. The third-order valence-corrected chi connectivity index (χ3v) is 4.03. The SMILES string of the molecule is COc1ccc(C(=O)COC(=O)c2c(C)nn(C3CC3)c2N)c(F)c1. The zero-order chi connectivity index (χ0) is 18.1. The van der Waals surface area contributed by atoms with Crippen LogP contribution in [0, 0.1) is 12.7 Å². The second kappa shape index (κ2) is 6.54. The minimum absolute atomic E-state index is 0.148. The molecule has 7 nitrogen and oxygen atoms in total. The summed E-state index contributed by atoms with van der Waals surface area (Å²) in [5.41, 5.74) is 6.38. The molecule has 8 heteroatoms. The molecule has 25 heavy (non-hydrogen) atoms. The van der Waals surface area contributed by atoms with E-state index < -0.39 is 24.2 Å². The van der Waals surface area contributed by atoms with Crippen molar-refractivity contribution in [3.8, 4) is 5.75 Å². The molecule has 132 valence electrons. The van der Waals surface area contributed by atoms with Crippen molar-refractivity contribution in [1.29, 1.82) is 0 Å². The smallest absolute Gasteiger partial charge is 0.344 e. The van der Waals surface area contributed by atoms with Crippen molar-refractivity contribution >= 4 is 17.6 Å². The molecule has 0 unspecified atom stereocenters. The highest BCUT2D eigenvalue weighted by atomic mass is 19.1. The third kappa shape index (κ3) is 3.33. The number of benzene rings is 1. The van der Waals surface area contributed by atoms with Crippen LogP contribution in [0.2, 0.25) is 0 Å². The first-order valence-corrected chi connectivity index (χ1v) is 7.80. The fourth-order valence-electron chi connectivity index (χ4n) is 2.55. The van der Waals surface area contributed by atoms with Gasteiger partial charge in [-0.15, -0.1) is 0 Å². The van der Waals surface area contributed by atoms with Gasteiger partial charge in [0.2, 0.25) is 5.78 Å². The van der Waals surface area contributed by atoms with Gasteiger partial charge in [0, 0.05) is 6.07 Å². The third-order valence-electron chi connectivity index (χ3n) is 4.03. The lowest BCUT2D eigenvalue weighted by Gasteiger charge is -2.07. The van der Waals surface area contributed by atoms with E-state index in [1.54, 1.807) is 11.6 Å². The van der Waals surface area contributed by atoms with Gasteiger partial charge in [0.05, 0.1) is 24.4 Å². The van der Waals surface area contributed by atoms with Gasteiger partial charge in [0.1, 0.15) is 22.9 Å². The second-order valence-electron chi connectivity index (χ2n) is 5.87. The molecule has 0 spiro atoms. The summed E-state index contributed by atoms with van der Waals surface area (Å²) in [6.07, 6.45) is 1.93. The highest BCUT2D eigenvalue weighted by Crippen LogP contribution is 2.37. The van der Waals surface area contributed by atoms with E-state index in [4.69, 9.17) is 15.2 Å². The van der Waals surface area contributed by atoms with Crippen molar-refractivity contribution in [3.63, 3.8) is 0 Å². The highest BCUT2D eigenvalue weighted by molar-refractivity contribution is 6.01. The molecule has 2 N–H and O–H groups in total. The van der Waals surface area contributed by atoms with Crippen LogP contribution in [0.3, 0.4) is 0 Å². The molecule has 0 aliphatic heterocycles. The Morgan fingerprint density at radius 1 is 1.40 bits per heavy atom. The Morgan fingerprint density at radius 3 is 2.72 bits per heavy atom. The zero-order valence-electron chi connectivity index (χ0n) is 13.9. The Bertz CT molecular complexity index is 843. The van der Waals surface area contributed by atoms with Crippen molar-refractivity contribution in [2.45, 2.75) is 25.8 Å². The van der Waals surface area contributed by atoms with E-state index in [1.807, 2.05) is 0 Å². The van der Waals surface area contributed by atoms with Crippen LogP contribution in [0.15, 0.2) is 18.2 Å². The molecule has 0 saturated heterocycles. The number of nitrogens with zero attached hydrogens (tertiary/aromatic N) is 2. The number of rotatable bonds is 6. The molecule has 1 aliphatic carbocycles. The number of nitrogens with two attached hydrogens (primary N) is 1. The van der Waals surface area contributed by atoms with Crippen LogP contribution >= 0.6 is 0 Å². The largest absolute Gasteiger partial charge is 0.497 e. The number of ether oxygens (including phenoxy) is 2. The second-order valence-corrected chi connectivity index (χ2v) is 5.87. The number of methoxy groups -OCH3 is 1. The number of hydrogen-bond acceptors (Lipinski definition) is 6. The van der Waals surface area contributed by atoms with E-state index in [0.717, 1.165) is 18.9 Å². The zero-order valence-corrected chi connectivity index (χ0v) is 13.9. The predicted octanol–water partition coefficient (Wildman–Crippen LogP) is 2.30. The normalized spacial score (nSPS) is 13.6. The summed E-state index contributed by atoms with van der Waals surface area (Å²) in [6, 6.07) is 4.06.